The Kier molecular flexibility index (Phi) is 7.15. The minimum Gasteiger partial charge on any atom is -0.360 e. The number of rotatable bonds is 8. The van der Waals surface area contributed by atoms with E-state index in [0.717, 1.165) is 27.9 Å². The zero-order valence-electron chi connectivity index (χ0n) is 14.2. The maximum absolute atomic E-state index is 14.3. The van der Waals surface area contributed by atoms with Crippen LogP contribution in [0.25, 0.3) is 0 Å². The molecule has 0 atom stereocenters. The van der Waals surface area contributed by atoms with Crippen LogP contribution in [-0.4, -0.2) is 34.9 Å². The zero-order chi connectivity index (χ0) is 18.6. The largest absolute Gasteiger partial charge is 0.360 e. The second-order valence-corrected chi connectivity index (χ2v) is 12.7. The van der Waals surface area contributed by atoms with Crippen LogP contribution in [0, 0.1) is 12.7 Å². The molecule has 0 aliphatic rings. The smallest absolute Gasteiger partial charge is 0.269 e. The number of hydrogen-bond donors (Lipinski definition) is 0. The minimum atomic E-state index is -4.10. The van der Waals surface area contributed by atoms with Crippen molar-refractivity contribution in [3.63, 3.8) is 0 Å². The summed E-state index contributed by atoms with van der Waals surface area (Å²) in [5.74, 6) is -0.805. The van der Waals surface area contributed by atoms with Gasteiger partial charge in [-0.2, -0.15) is 4.37 Å². The standard InChI is InChI=1S/C15H20BrFN2O3S2Si/c1-11-6-15(14(17)7-13(11)16)24(20,21)19(12-8-18-23-9-12)10-22-4-5-25(2)3/h6-9,25H,4-5,10H2,1-3H3. The van der Waals surface area contributed by atoms with Crippen LogP contribution < -0.4 is 4.31 Å². The molecule has 1 heterocycles. The lowest BCUT2D eigenvalue weighted by Crippen LogP contribution is -2.34. The number of benzene rings is 1. The molecule has 138 valence electrons. The summed E-state index contributed by atoms with van der Waals surface area (Å²) in [7, 11) is -4.89. The van der Waals surface area contributed by atoms with E-state index in [1.807, 2.05) is 0 Å². The molecule has 0 fully saturated rings. The van der Waals surface area contributed by atoms with E-state index < -0.39 is 24.6 Å². The van der Waals surface area contributed by atoms with Gasteiger partial charge in [-0.3, -0.25) is 0 Å². The molecule has 0 aliphatic heterocycles. The molecule has 0 saturated carbocycles. The van der Waals surface area contributed by atoms with E-state index in [2.05, 4.69) is 33.4 Å². The number of aromatic nitrogens is 1. The zero-order valence-corrected chi connectivity index (χ0v) is 18.6. The predicted octanol–water partition coefficient (Wildman–Crippen LogP) is 4.01. The second kappa shape index (κ2) is 8.72. The predicted molar refractivity (Wildman–Crippen MR) is 105 cm³/mol. The normalized spacial score (nSPS) is 11.9. The maximum atomic E-state index is 14.3. The molecule has 0 N–H and O–H groups in total. The number of hydrogen-bond acceptors (Lipinski definition) is 5. The maximum Gasteiger partial charge on any atom is 0.269 e. The third-order valence-corrected chi connectivity index (χ3v) is 8.12. The van der Waals surface area contributed by atoms with Crippen LogP contribution in [0.5, 0.6) is 0 Å². The minimum absolute atomic E-state index is 0.170. The summed E-state index contributed by atoms with van der Waals surface area (Å²) in [4.78, 5) is -0.374. The Morgan fingerprint density at radius 1 is 1.40 bits per heavy atom. The van der Waals surface area contributed by atoms with Gasteiger partial charge < -0.3 is 4.74 Å². The monoisotopic (exact) mass is 466 g/mol. The van der Waals surface area contributed by atoms with Gasteiger partial charge in [0, 0.05) is 25.3 Å². The van der Waals surface area contributed by atoms with E-state index in [-0.39, 0.29) is 11.6 Å². The summed E-state index contributed by atoms with van der Waals surface area (Å²) >= 11 is 4.34. The molecule has 1 aromatic carbocycles. The van der Waals surface area contributed by atoms with Gasteiger partial charge in [-0.05, 0) is 42.2 Å². The molecule has 0 unspecified atom stereocenters. The highest BCUT2D eigenvalue weighted by Gasteiger charge is 2.29. The van der Waals surface area contributed by atoms with E-state index >= 15 is 0 Å². The number of aryl methyl sites for hydroxylation is 1. The first-order valence-electron chi connectivity index (χ1n) is 7.69. The average molecular weight is 467 g/mol. The number of nitrogens with zero attached hydrogens (tertiary/aromatic N) is 2. The van der Waals surface area contributed by atoms with Gasteiger partial charge in [-0.25, -0.2) is 17.1 Å². The Balaban J connectivity index is 2.34. The van der Waals surface area contributed by atoms with Crippen molar-refractivity contribution in [1.82, 2.24) is 4.37 Å². The fourth-order valence-corrected chi connectivity index (χ4v) is 5.02. The first-order valence-corrected chi connectivity index (χ1v) is 13.9. The fourth-order valence-electron chi connectivity index (χ4n) is 2.02. The van der Waals surface area contributed by atoms with Crippen molar-refractivity contribution in [3.8, 4) is 0 Å². The molecule has 1 aromatic heterocycles. The molecule has 10 heteroatoms. The Morgan fingerprint density at radius 3 is 2.72 bits per heavy atom. The summed E-state index contributed by atoms with van der Waals surface area (Å²) in [5, 5.41) is 1.60. The molecule has 0 saturated heterocycles. The van der Waals surface area contributed by atoms with Crippen molar-refractivity contribution >= 4 is 52.0 Å². The second-order valence-electron chi connectivity index (χ2n) is 5.99. The van der Waals surface area contributed by atoms with Crippen molar-refractivity contribution in [2.24, 2.45) is 0 Å². The molecule has 25 heavy (non-hydrogen) atoms. The van der Waals surface area contributed by atoms with Crippen LogP contribution in [0.15, 0.2) is 33.1 Å². The Labute approximate surface area is 161 Å². The van der Waals surface area contributed by atoms with Gasteiger partial charge in [0.25, 0.3) is 10.0 Å². The first-order chi connectivity index (χ1) is 11.7. The Bertz CT molecular complexity index is 816. The van der Waals surface area contributed by atoms with Crippen molar-refractivity contribution in [2.45, 2.75) is 31.0 Å². The van der Waals surface area contributed by atoms with E-state index in [1.165, 1.54) is 12.3 Å². The third kappa shape index (κ3) is 5.10. The quantitative estimate of drug-likeness (QED) is 0.335. The highest BCUT2D eigenvalue weighted by atomic mass is 79.9. The van der Waals surface area contributed by atoms with Gasteiger partial charge >= 0.3 is 0 Å². The van der Waals surface area contributed by atoms with Crippen LogP contribution in [-0.2, 0) is 14.8 Å². The highest BCUT2D eigenvalue weighted by Crippen LogP contribution is 2.29. The van der Waals surface area contributed by atoms with Crippen molar-refractivity contribution < 1.29 is 17.5 Å². The Hall–Kier alpha value is -0.813. The van der Waals surface area contributed by atoms with E-state index in [1.54, 1.807) is 12.3 Å². The van der Waals surface area contributed by atoms with Gasteiger partial charge in [0.2, 0.25) is 0 Å². The van der Waals surface area contributed by atoms with Crippen LogP contribution in [0.1, 0.15) is 5.56 Å². The Morgan fingerprint density at radius 2 is 2.12 bits per heavy atom. The van der Waals surface area contributed by atoms with Crippen LogP contribution in [0.2, 0.25) is 19.1 Å². The molecule has 0 spiro atoms. The molecule has 0 radical (unpaired) electrons. The van der Waals surface area contributed by atoms with E-state index in [9.17, 15) is 12.8 Å². The van der Waals surface area contributed by atoms with Gasteiger partial charge in [-0.1, -0.05) is 29.0 Å². The lowest BCUT2D eigenvalue weighted by atomic mass is 10.2. The summed E-state index contributed by atoms with van der Waals surface area (Å²) in [5.41, 5.74) is 1.00. The molecular weight excluding hydrogens is 447 g/mol. The van der Waals surface area contributed by atoms with Gasteiger partial charge in [0.15, 0.2) is 0 Å². The lowest BCUT2D eigenvalue weighted by Gasteiger charge is -2.23. The van der Waals surface area contributed by atoms with Crippen molar-refractivity contribution in [3.05, 3.63) is 39.6 Å². The van der Waals surface area contributed by atoms with Crippen LogP contribution in [0.4, 0.5) is 10.1 Å². The topological polar surface area (TPSA) is 59.5 Å². The summed E-state index contributed by atoms with van der Waals surface area (Å²) in [6.45, 7) is 6.41. The number of sulfonamides is 1. The molecule has 0 bridgehead atoms. The fraction of sp³-hybridized carbons (Fsp3) is 0.400. The highest BCUT2D eigenvalue weighted by molar-refractivity contribution is 9.10. The first kappa shape index (κ1) is 20.5. The summed E-state index contributed by atoms with van der Waals surface area (Å²) < 4.78 is 51.5. The molecule has 0 aliphatic carbocycles. The van der Waals surface area contributed by atoms with Crippen LogP contribution in [0.3, 0.4) is 0 Å². The number of halogens is 2. The van der Waals surface area contributed by atoms with Gasteiger partial charge in [0.05, 0.1) is 11.9 Å². The van der Waals surface area contributed by atoms with E-state index in [0.29, 0.717) is 22.3 Å². The SMILES string of the molecule is Cc1cc(S(=O)(=O)N(COCC[SiH](C)C)c2cnsc2)c(F)cc1Br. The summed E-state index contributed by atoms with van der Waals surface area (Å²) in [6, 6.07) is 3.43. The van der Waals surface area contributed by atoms with Gasteiger partial charge in [-0.15, -0.1) is 0 Å². The van der Waals surface area contributed by atoms with Gasteiger partial charge in [0.1, 0.15) is 17.4 Å². The number of anilines is 1. The van der Waals surface area contributed by atoms with E-state index in [4.69, 9.17) is 4.74 Å². The lowest BCUT2D eigenvalue weighted by molar-refractivity contribution is 0.157. The third-order valence-electron chi connectivity index (χ3n) is 3.54. The molecule has 2 rings (SSSR count). The number of ether oxygens (including phenoxy) is 1. The molecular formula is C15H20BrFN2O3S2Si. The summed E-state index contributed by atoms with van der Waals surface area (Å²) in [6.07, 6.45) is 1.44. The van der Waals surface area contributed by atoms with Crippen LogP contribution >= 0.6 is 27.5 Å². The van der Waals surface area contributed by atoms with Crippen molar-refractivity contribution in [2.75, 3.05) is 17.6 Å². The average Bonchev–Trinajstić information content (AvgIpc) is 3.04. The molecule has 2 aromatic rings. The molecule has 0 amide bonds. The molecule has 5 nitrogen and oxygen atoms in total. The van der Waals surface area contributed by atoms with Crippen molar-refractivity contribution in [1.29, 1.82) is 0 Å².